The summed E-state index contributed by atoms with van der Waals surface area (Å²) in [4.78, 5) is 2.42. The normalized spacial score (nSPS) is 11.5. The average Bonchev–Trinajstić information content (AvgIpc) is 3.75. The van der Waals surface area contributed by atoms with Crippen LogP contribution in [0.4, 0.5) is 17.1 Å². The standard InChI is InChI=1S/C60H39NO/c1-3-15-41(16-4-1)50-25-14-26-51(42-17-5-2-6-18-42)58(50)45-32-34-46(35-33-45)61(47-36-31-44-30-29-43-20-8-10-23-49(43)55(44)39-47)56-38-37-53(52-27-13-21-40-19-7-9-22-48(40)52)60-59(56)54-24-11-12-28-57(54)62-60/h1-39H. The number of rotatable bonds is 7. The van der Waals surface area contributed by atoms with Crippen LogP contribution in [-0.4, -0.2) is 0 Å². The maximum absolute atomic E-state index is 6.94. The lowest BCUT2D eigenvalue weighted by Gasteiger charge is -2.27. The highest BCUT2D eigenvalue weighted by atomic mass is 16.3. The largest absolute Gasteiger partial charge is 0.455 e. The Morgan fingerprint density at radius 3 is 1.56 bits per heavy atom. The van der Waals surface area contributed by atoms with Crippen molar-refractivity contribution in [2.45, 2.75) is 0 Å². The first-order chi connectivity index (χ1) is 30.8. The van der Waals surface area contributed by atoms with Crippen molar-refractivity contribution in [1.82, 2.24) is 0 Å². The van der Waals surface area contributed by atoms with Crippen molar-refractivity contribution in [1.29, 1.82) is 0 Å². The SMILES string of the molecule is c1ccc(-c2cccc(-c3ccccc3)c2-c2ccc(N(c3ccc4ccc5ccccc5c4c3)c3ccc(-c4cccc5ccccc45)c4oc5ccccc5c34)cc2)cc1. The van der Waals surface area contributed by atoms with Gasteiger partial charge in [-0.05, 0) is 114 Å². The van der Waals surface area contributed by atoms with Gasteiger partial charge in [-0.1, -0.05) is 194 Å². The van der Waals surface area contributed by atoms with Gasteiger partial charge in [0.25, 0.3) is 0 Å². The number of para-hydroxylation sites is 1. The minimum Gasteiger partial charge on any atom is -0.455 e. The Morgan fingerprint density at radius 1 is 0.306 bits per heavy atom. The number of hydrogen-bond acceptors (Lipinski definition) is 2. The van der Waals surface area contributed by atoms with Crippen LogP contribution < -0.4 is 4.90 Å². The van der Waals surface area contributed by atoms with Crippen LogP contribution in [0.2, 0.25) is 0 Å². The van der Waals surface area contributed by atoms with E-state index in [4.69, 9.17) is 4.42 Å². The first kappa shape index (κ1) is 35.7. The molecular weight excluding hydrogens is 751 g/mol. The van der Waals surface area contributed by atoms with Crippen molar-refractivity contribution in [3.63, 3.8) is 0 Å². The maximum Gasteiger partial charge on any atom is 0.145 e. The van der Waals surface area contributed by atoms with Crippen molar-refractivity contribution in [3.8, 4) is 44.5 Å². The summed E-state index contributed by atoms with van der Waals surface area (Å²) in [5, 5.41) is 9.44. The van der Waals surface area contributed by atoms with Gasteiger partial charge in [0.2, 0.25) is 0 Å². The lowest BCUT2D eigenvalue weighted by Crippen LogP contribution is -2.10. The van der Waals surface area contributed by atoms with E-state index in [-0.39, 0.29) is 0 Å². The first-order valence-electron chi connectivity index (χ1n) is 21.3. The minimum atomic E-state index is 0.863. The Labute approximate surface area is 360 Å². The summed E-state index contributed by atoms with van der Waals surface area (Å²) in [5.74, 6) is 0. The molecule has 0 N–H and O–H groups in total. The molecule has 0 fully saturated rings. The van der Waals surface area contributed by atoms with E-state index < -0.39 is 0 Å². The van der Waals surface area contributed by atoms with E-state index in [1.807, 2.05) is 0 Å². The minimum absolute atomic E-state index is 0.863. The third kappa shape index (κ3) is 5.96. The van der Waals surface area contributed by atoms with E-state index in [0.717, 1.165) is 55.7 Å². The van der Waals surface area contributed by atoms with E-state index in [0.29, 0.717) is 0 Å². The van der Waals surface area contributed by atoms with E-state index in [2.05, 4.69) is 241 Å². The maximum atomic E-state index is 6.94. The van der Waals surface area contributed by atoms with E-state index in [1.54, 1.807) is 0 Å². The molecule has 1 heterocycles. The predicted molar refractivity (Wildman–Crippen MR) is 263 cm³/mol. The van der Waals surface area contributed by atoms with Gasteiger partial charge < -0.3 is 9.32 Å². The second-order valence-electron chi connectivity index (χ2n) is 16.0. The van der Waals surface area contributed by atoms with Gasteiger partial charge in [-0.15, -0.1) is 0 Å². The molecule has 0 saturated carbocycles. The summed E-state index contributed by atoms with van der Waals surface area (Å²) in [5.41, 5.74) is 14.3. The molecule has 290 valence electrons. The Balaban J connectivity index is 1.11. The highest BCUT2D eigenvalue weighted by molar-refractivity contribution is 6.19. The van der Waals surface area contributed by atoms with Gasteiger partial charge in [-0.2, -0.15) is 0 Å². The molecule has 0 radical (unpaired) electrons. The van der Waals surface area contributed by atoms with E-state index >= 15 is 0 Å². The highest BCUT2D eigenvalue weighted by Crippen LogP contribution is 2.48. The topological polar surface area (TPSA) is 16.4 Å². The third-order valence-electron chi connectivity index (χ3n) is 12.5. The summed E-state index contributed by atoms with van der Waals surface area (Å²) < 4.78 is 6.94. The third-order valence-corrected chi connectivity index (χ3v) is 12.5. The van der Waals surface area contributed by atoms with Crippen LogP contribution in [0.1, 0.15) is 0 Å². The van der Waals surface area contributed by atoms with Crippen LogP contribution in [0, 0.1) is 0 Å². The summed E-state index contributed by atoms with van der Waals surface area (Å²) >= 11 is 0. The second kappa shape index (κ2) is 14.8. The summed E-state index contributed by atoms with van der Waals surface area (Å²) in [7, 11) is 0. The van der Waals surface area contributed by atoms with Gasteiger partial charge in [0.1, 0.15) is 11.2 Å². The van der Waals surface area contributed by atoms with Crippen molar-refractivity contribution in [3.05, 3.63) is 237 Å². The number of fused-ring (bicyclic) bond motifs is 7. The molecule has 0 spiro atoms. The summed E-state index contributed by atoms with van der Waals surface area (Å²) in [6.07, 6.45) is 0. The Morgan fingerprint density at radius 2 is 0.839 bits per heavy atom. The van der Waals surface area contributed by atoms with E-state index in [1.165, 1.54) is 60.1 Å². The van der Waals surface area contributed by atoms with Gasteiger partial charge in [0, 0.05) is 22.3 Å². The smallest absolute Gasteiger partial charge is 0.145 e. The molecule has 12 rings (SSSR count). The molecular formula is C60H39NO. The number of hydrogen-bond donors (Lipinski definition) is 0. The second-order valence-corrected chi connectivity index (χ2v) is 16.0. The fourth-order valence-corrected chi connectivity index (χ4v) is 9.58. The lowest BCUT2D eigenvalue weighted by molar-refractivity contribution is 0.670. The van der Waals surface area contributed by atoms with Crippen molar-refractivity contribution >= 4 is 71.3 Å². The van der Waals surface area contributed by atoms with Gasteiger partial charge in [0.15, 0.2) is 0 Å². The van der Waals surface area contributed by atoms with Crippen molar-refractivity contribution in [2.24, 2.45) is 0 Å². The lowest BCUT2D eigenvalue weighted by atomic mass is 9.87. The van der Waals surface area contributed by atoms with Crippen LogP contribution >= 0.6 is 0 Å². The van der Waals surface area contributed by atoms with Gasteiger partial charge in [0.05, 0.1) is 11.1 Å². The Hall–Kier alpha value is -8.20. The molecule has 0 aliphatic rings. The van der Waals surface area contributed by atoms with Crippen LogP contribution in [-0.2, 0) is 0 Å². The fourth-order valence-electron chi connectivity index (χ4n) is 9.58. The van der Waals surface area contributed by atoms with Crippen LogP contribution in [0.3, 0.4) is 0 Å². The molecule has 0 amide bonds. The zero-order valence-corrected chi connectivity index (χ0v) is 33.9. The number of anilines is 3. The highest BCUT2D eigenvalue weighted by Gasteiger charge is 2.24. The molecule has 0 unspecified atom stereocenters. The molecule has 62 heavy (non-hydrogen) atoms. The van der Waals surface area contributed by atoms with Crippen molar-refractivity contribution < 1.29 is 4.42 Å². The zero-order chi connectivity index (χ0) is 41.0. The van der Waals surface area contributed by atoms with Gasteiger partial charge in [-0.25, -0.2) is 0 Å². The molecule has 0 saturated heterocycles. The monoisotopic (exact) mass is 789 g/mol. The number of nitrogens with zero attached hydrogens (tertiary/aromatic N) is 1. The average molecular weight is 790 g/mol. The number of furan rings is 1. The quantitative estimate of drug-likeness (QED) is 0.150. The molecule has 0 aliphatic heterocycles. The first-order valence-corrected chi connectivity index (χ1v) is 21.3. The summed E-state index contributed by atoms with van der Waals surface area (Å²) in [6, 6.07) is 85.4. The van der Waals surface area contributed by atoms with Gasteiger partial charge in [-0.3, -0.25) is 0 Å². The molecule has 1 aromatic heterocycles. The molecule has 0 atom stereocenters. The number of benzene rings is 11. The van der Waals surface area contributed by atoms with Crippen LogP contribution in [0.5, 0.6) is 0 Å². The molecule has 2 heteroatoms. The predicted octanol–water partition coefficient (Wildman–Crippen LogP) is 17.2. The Bertz CT molecular complexity index is 3560. The van der Waals surface area contributed by atoms with Crippen molar-refractivity contribution in [2.75, 3.05) is 4.90 Å². The molecule has 11 aromatic carbocycles. The molecule has 12 aromatic rings. The Kier molecular flexibility index (Phi) is 8.53. The molecule has 2 nitrogen and oxygen atoms in total. The van der Waals surface area contributed by atoms with E-state index in [9.17, 15) is 0 Å². The van der Waals surface area contributed by atoms with Crippen LogP contribution in [0.25, 0.3) is 98.8 Å². The van der Waals surface area contributed by atoms with Gasteiger partial charge >= 0.3 is 0 Å². The fraction of sp³-hybridized carbons (Fsp3) is 0. The summed E-state index contributed by atoms with van der Waals surface area (Å²) in [6.45, 7) is 0. The molecule has 0 bridgehead atoms. The zero-order valence-electron chi connectivity index (χ0n) is 33.9. The van der Waals surface area contributed by atoms with Crippen LogP contribution in [0.15, 0.2) is 241 Å². The molecule has 0 aliphatic carbocycles.